The molecular formula is C18H23N3O3S. The summed E-state index contributed by atoms with van der Waals surface area (Å²) in [7, 11) is 1.60. The fourth-order valence-electron chi connectivity index (χ4n) is 2.46. The SMILES string of the molecule is CSc1ccccc1NC(=O)CN(C)C(=O)c1c(C)noc1C(C)C. The Morgan fingerprint density at radius 3 is 2.64 bits per heavy atom. The smallest absolute Gasteiger partial charge is 0.259 e. The molecule has 134 valence electrons. The van der Waals surface area contributed by atoms with Gasteiger partial charge in [-0.3, -0.25) is 9.59 Å². The first-order valence-corrected chi connectivity index (χ1v) is 9.22. The van der Waals surface area contributed by atoms with E-state index in [0.29, 0.717) is 17.0 Å². The molecule has 0 radical (unpaired) electrons. The van der Waals surface area contributed by atoms with E-state index in [-0.39, 0.29) is 24.3 Å². The number of aromatic nitrogens is 1. The highest BCUT2D eigenvalue weighted by Gasteiger charge is 2.26. The fourth-order valence-corrected chi connectivity index (χ4v) is 3.01. The van der Waals surface area contributed by atoms with Crippen LogP contribution in [0.1, 0.15) is 41.6 Å². The minimum absolute atomic E-state index is 0.0378. The molecule has 1 N–H and O–H groups in total. The van der Waals surface area contributed by atoms with Crippen molar-refractivity contribution >= 4 is 29.3 Å². The molecule has 1 heterocycles. The number of likely N-dealkylation sites (N-methyl/N-ethyl adjacent to an activating group) is 1. The maximum atomic E-state index is 12.7. The predicted octanol–water partition coefficient (Wildman–Crippen LogP) is 3.54. The Hall–Kier alpha value is -2.28. The third-order valence-electron chi connectivity index (χ3n) is 3.74. The average molecular weight is 361 g/mol. The van der Waals surface area contributed by atoms with E-state index < -0.39 is 0 Å². The van der Waals surface area contributed by atoms with E-state index in [2.05, 4.69) is 10.5 Å². The zero-order valence-electron chi connectivity index (χ0n) is 15.1. The molecule has 1 aromatic carbocycles. The van der Waals surface area contributed by atoms with Crippen LogP contribution in [0.3, 0.4) is 0 Å². The van der Waals surface area contributed by atoms with E-state index >= 15 is 0 Å². The van der Waals surface area contributed by atoms with Crippen LogP contribution < -0.4 is 5.32 Å². The van der Waals surface area contributed by atoms with Crippen LogP contribution >= 0.6 is 11.8 Å². The highest BCUT2D eigenvalue weighted by Crippen LogP contribution is 2.25. The van der Waals surface area contributed by atoms with Crippen LogP contribution in [0.2, 0.25) is 0 Å². The van der Waals surface area contributed by atoms with Crippen molar-refractivity contribution in [3.8, 4) is 0 Å². The number of amides is 2. The number of nitrogens with zero attached hydrogens (tertiary/aromatic N) is 2. The van der Waals surface area contributed by atoms with Crippen molar-refractivity contribution in [2.45, 2.75) is 31.6 Å². The first kappa shape index (κ1) is 19.1. The van der Waals surface area contributed by atoms with Crippen LogP contribution in [0.5, 0.6) is 0 Å². The van der Waals surface area contributed by atoms with E-state index in [9.17, 15) is 9.59 Å². The standard InChI is InChI=1S/C18H23N3O3S/c1-11(2)17-16(12(3)20-24-17)18(23)21(4)10-15(22)19-13-8-6-7-9-14(13)25-5/h6-9,11H,10H2,1-5H3,(H,19,22). The third kappa shape index (κ3) is 4.42. The number of nitrogens with one attached hydrogen (secondary N) is 1. The molecule has 0 aliphatic heterocycles. The Labute approximate surface area is 151 Å². The Kier molecular flexibility index (Phi) is 6.25. The van der Waals surface area contributed by atoms with Crippen LogP contribution in [0.15, 0.2) is 33.7 Å². The number of anilines is 1. The summed E-state index contributed by atoms with van der Waals surface area (Å²) in [6.45, 7) is 5.54. The molecule has 0 aliphatic carbocycles. The van der Waals surface area contributed by atoms with Crippen LogP contribution in [-0.4, -0.2) is 41.7 Å². The number of benzene rings is 1. The number of carbonyl (C=O) groups excluding carboxylic acids is 2. The van der Waals surface area contributed by atoms with Gasteiger partial charge in [-0.2, -0.15) is 0 Å². The number of hydrogen-bond acceptors (Lipinski definition) is 5. The van der Waals surface area contributed by atoms with Crippen molar-refractivity contribution in [3.05, 3.63) is 41.3 Å². The Morgan fingerprint density at radius 1 is 1.32 bits per heavy atom. The van der Waals surface area contributed by atoms with Crippen LogP contribution in [0.4, 0.5) is 5.69 Å². The van der Waals surface area contributed by atoms with Crippen molar-refractivity contribution < 1.29 is 14.1 Å². The number of para-hydroxylation sites is 1. The Bertz CT molecular complexity index is 771. The van der Waals surface area contributed by atoms with E-state index in [4.69, 9.17) is 4.52 Å². The zero-order valence-corrected chi connectivity index (χ0v) is 15.9. The van der Waals surface area contributed by atoms with Gasteiger partial charge in [-0.25, -0.2) is 0 Å². The molecule has 0 aliphatic rings. The quantitative estimate of drug-likeness (QED) is 0.797. The van der Waals surface area contributed by atoms with Gasteiger partial charge in [-0.05, 0) is 25.3 Å². The second kappa shape index (κ2) is 8.20. The van der Waals surface area contributed by atoms with Crippen molar-refractivity contribution in [1.82, 2.24) is 10.1 Å². The van der Waals surface area contributed by atoms with Gasteiger partial charge in [0.1, 0.15) is 5.56 Å². The zero-order chi connectivity index (χ0) is 18.6. The first-order valence-electron chi connectivity index (χ1n) is 7.99. The lowest BCUT2D eigenvalue weighted by atomic mass is 10.0. The summed E-state index contributed by atoms with van der Waals surface area (Å²) in [5.74, 6) is 0.0617. The van der Waals surface area contributed by atoms with Gasteiger partial charge in [0.05, 0.1) is 17.9 Å². The van der Waals surface area contributed by atoms with Crippen LogP contribution in [-0.2, 0) is 4.79 Å². The van der Waals surface area contributed by atoms with Crippen LogP contribution in [0.25, 0.3) is 0 Å². The molecule has 2 amide bonds. The highest BCUT2D eigenvalue weighted by molar-refractivity contribution is 7.98. The summed E-state index contributed by atoms with van der Waals surface area (Å²) in [5.41, 5.74) is 1.72. The molecule has 0 fully saturated rings. The Morgan fingerprint density at radius 2 is 2.00 bits per heavy atom. The van der Waals surface area contributed by atoms with Gasteiger partial charge in [0.2, 0.25) is 5.91 Å². The van der Waals surface area contributed by atoms with Crippen LogP contribution in [0, 0.1) is 6.92 Å². The second-order valence-corrected chi connectivity index (χ2v) is 6.92. The van der Waals surface area contributed by atoms with Crippen molar-refractivity contribution in [3.63, 3.8) is 0 Å². The molecule has 2 aromatic rings. The molecule has 2 rings (SSSR count). The van der Waals surface area contributed by atoms with Gasteiger partial charge in [0, 0.05) is 17.9 Å². The molecule has 0 bridgehead atoms. The Balaban J connectivity index is 2.09. The lowest BCUT2D eigenvalue weighted by Crippen LogP contribution is -2.35. The van der Waals surface area contributed by atoms with E-state index in [1.807, 2.05) is 44.4 Å². The molecule has 25 heavy (non-hydrogen) atoms. The number of thioether (sulfide) groups is 1. The van der Waals surface area contributed by atoms with Gasteiger partial charge < -0.3 is 14.7 Å². The molecule has 0 saturated carbocycles. The van der Waals surface area contributed by atoms with Gasteiger partial charge in [0.25, 0.3) is 5.91 Å². The normalized spacial score (nSPS) is 10.8. The van der Waals surface area contributed by atoms with Gasteiger partial charge >= 0.3 is 0 Å². The summed E-state index contributed by atoms with van der Waals surface area (Å²) in [6.07, 6.45) is 1.95. The summed E-state index contributed by atoms with van der Waals surface area (Å²) in [6, 6.07) is 7.55. The summed E-state index contributed by atoms with van der Waals surface area (Å²) < 4.78 is 5.26. The average Bonchev–Trinajstić information content (AvgIpc) is 2.96. The third-order valence-corrected chi connectivity index (χ3v) is 4.53. The molecule has 0 saturated heterocycles. The molecule has 0 unspecified atom stereocenters. The second-order valence-electron chi connectivity index (χ2n) is 6.07. The minimum atomic E-state index is -0.268. The molecule has 0 atom stereocenters. The number of rotatable bonds is 6. The summed E-state index contributed by atoms with van der Waals surface area (Å²) >= 11 is 1.55. The number of hydrogen-bond donors (Lipinski definition) is 1. The molecule has 0 spiro atoms. The fraction of sp³-hybridized carbons (Fsp3) is 0.389. The minimum Gasteiger partial charge on any atom is -0.360 e. The van der Waals surface area contributed by atoms with E-state index in [0.717, 1.165) is 10.6 Å². The lowest BCUT2D eigenvalue weighted by molar-refractivity contribution is -0.116. The number of aryl methyl sites for hydroxylation is 1. The van der Waals surface area contributed by atoms with Crippen molar-refractivity contribution in [2.24, 2.45) is 0 Å². The topological polar surface area (TPSA) is 75.4 Å². The summed E-state index contributed by atoms with van der Waals surface area (Å²) in [4.78, 5) is 27.4. The number of carbonyl (C=O) groups is 2. The van der Waals surface area contributed by atoms with E-state index in [1.165, 1.54) is 4.90 Å². The molecule has 7 heteroatoms. The monoisotopic (exact) mass is 361 g/mol. The lowest BCUT2D eigenvalue weighted by Gasteiger charge is -2.18. The molecule has 6 nitrogen and oxygen atoms in total. The van der Waals surface area contributed by atoms with Crippen molar-refractivity contribution in [2.75, 3.05) is 25.2 Å². The highest BCUT2D eigenvalue weighted by atomic mass is 32.2. The van der Waals surface area contributed by atoms with Gasteiger partial charge in [-0.1, -0.05) is 31.1 Å². The van der Waals surface area contributed by atoms with Crippen molar-refractivity contribution in [1.29, 1.82) is 0 Å². The van der Waals surface area contributed by atoms with Gasteiger partial charge in [0.15, 0.2) is 5.76 Å². The predicted molar refractivity (Wildman–Crippen MR) is 99.1 cm³/mol. The summed E-state index contributed by atoms with van der Waals surface area (Å²) in [5, 5.41) is 6.74. The largest absolute Gasteiger partial charge is 0.360 e. The first-order chi connectivity index (χ1) is 11.8. The maximum absolute atomic E-state index is 12.7. The molecule has 1 aromatic heterocycles. The van der Waals surface area contributed by atoms with E-state index in [1.54, 1.807) is 25.7 Å². The molecular weight excluding hydrogens is 338 g/mol. The van der Waals surface area contributed by atoms with Gasteiger partial charge in [-0.15, -0.1) is 11.8 Å². The maximum Gasteiger partial charge on any atom is 0.259 e.